The first-order valence-corrected chi connectivity index (χ1v) is 8.64. The van der Waals surface area contributed by atoms with E-state index >= 15 is 0 Å². The van der Waals surface area contributed by atoms with Gasteiger partial charge in [-0.1, -0.05) is 42.1 Å². The van der Waals surface area contributed by atoms with Gasteiger partial charge in [0.25, 0.3) is 5.56 Å². The van der Waals surface area contributed by atoms with Crippen LogP contribution in [0.1, 0.15) is 15.9 Å². The first-order valence-electron chi connectivity index (χ1n) is 7.65. The summed E-state index contributed by atoms with van der Waals surface area (Å²) in [5, 5.41) is 10.1. The maximum Gasteiger partial charge on any atom is 0.335 e. The van der Waals surface area contributed by atoms with Crippen LogP contribution in [0.15, 0.2) is 71.1 Å². The third kappa shape index (κ3) is 3.64. The van der Waals surface area contributed by atoms with E-state index in [2.05, 4.69) is 11.6 Å². The maximum atomic E-state index is 12.7. The summed E-state index contributed by atoms with van der Waals surface area (Å²) in [7, 11) is 0. The highest BCUT2D eigenvalue weighted by molar-refractivity contribution is 7.98. The second-order valence-corrected chi connectivity index (χ2v) is 6.35. The van der Waals surface area contributed by atoms with Crippen molar-refractivity contribution in [3.8, 4) is 0 Å². The summed E-state index contributed by atoms with van der Waals surface area (Å²) in [6, 6.07) is 13.9. The van der Waals surface area contributed by atoms with Gasteiger partial charge in [-0.3, -0.25) is 9.36 Å². The number of benzene rings is 2. The molecule has 5 nitrogen and oxygen atoms in total. The lowest BCUT2D eigenvalue weighted by atomic mass is 10.1. The number of nitrogens with zero attached hydrogens (tertiary/aromatic N) is 2. The van der Waals surface area contributed by atoms with Crippen LogP contribution in [0, 0.1) is 0 Å². The number of carboxylic acids is 1. The van der Waals surface area contributed by atoms with Gasteiger partial charge in [-0.15, -0.1) is 6.58 Å². The molecule has 0 saturated heterocycles. The van der Waals surface area contributed by atoms with Crippen LogP contribution in [0.3, 0.4) is 0 Å². The molecule has 1 aromatic heterocycles. The van der Waals surface area contributed by atoms with Crippen molar-refractivity contribution in [2.24, 2.45) is 0 Å². The van der Waals surface area contributed by atoms with E-state index in [9.17, 15) is 9.59 Å². The monoisotopic (exact) mass is 352 g/mol. The van der Waals surface area contributed by atoms with Crippen molar-refractivity contribution in [2.75, 3.05) is 0 Å². The lowest BCUT2D eigenvalue weighted by Gasteiger charge is -2.11. The van der Waals surface area contributed by atoms with E-state index < -0.39 is 5.97 Å². The maximum absolute atomic E-state index is 12.7. The van der Waals surface area contributed by atoms with Gasteiger partial charge < -0.3 is 5.11 Å². The average molecular weight is 352 g/mol. The van der Waals surface area contributed by atoms with Crippen molar-refractivity contribution in [3.05, 3.63) is 82.7 Å². The van der Waals surface area contributed by atoms with E-state index in [1.807, 2.05) is 18.2 Å². The fraction of sp³-hybridized carbons (Fsp3) is 0.105. The van der Waals surface area contributed by atoms with Gasteiger partial charge in [0.05, 0.1) is 16.5 Å². The van der Waals surface area contributed by atoms with Gasteiger partial charge >= 0.3 is 5.97 Å². The van der Waals surface area contributed by atoms with Gasteiger partial charge in [0.2, 0.25) is 0 Å². The molecule has 0 spiro atoms. The third-order valence-corrected chi connectivity index (χ3v) is 4.75. The Morgan fingerprint density at radius 3 is 2.60 bits per heavy atom. The molecule has 0 bridgehead atoms. The number of fused-ring (bicyclic) bond motifs is 1. The summed E-state index contributed by atoms with van der Waals surface area (Å²) < 4.78 is 1.60. The van der Waals surface area contributed by atoms with E-state index in [1.54, 1.807) is 41.0 Å². The van der Waals surface area contributed by atoms with Crippen LogP contribution in [-0.4, -0.2) is 20.6 Å². The van der Waals surface area contributed by atoms with E-state index in [4.69, 9.17) is 5.11 Å². The smallest absolute Gasteiger partial charge is 0.335 e. The van der Waals surface area contributed by atoms with E-state index in [1.165, 1.54) is 11.8 Å². The molecule has 0 radical (unpaired) electrons. The quantitative estimate of drug-likeness (QED) is 0.417. The molecule has 3 rings (SSSR count). The molecule has 0 aliphatic rings. The second-order valence-electron chi connectivity index (χ2n) is 5.41. The highest BCUT2D eigenvalue weighted by Crippen LogP contribution is 2.22. The summed E-state index contributed by atoms with van der Waals surface area (Å²) in [4.78, 5) is 28.2. The molecule has 2 aromatic carbocycles. The summed E-state index contributed by atoms with van der Waals surface area (Å²) in [6.45, 7) is 4.10. The molecule has 0 amide bonds. The predicted molar refractivity (Wildman–Crippen MR) is 99.2 cm³/mol. The molecule has 0 aliphatic heterocycles. The van der Waals surface area contributed by atoms with Crippen molar-refractivity contribution in [1.29, 1.82) is 0 Å². The Hall–Kier alpha value is -2.86. The Labute approximate surface area is 148 Å². The number of aromatic nitrogens is 2. The highest BCUT2D eigenvalue weighted by atomic mass is 32.2. The minimum atomic E-state index is -0.949. The first kappa shape index (κ1) is 17.0. The van der Waals surface area contributed by atoms with Crippen molar-refractivity contribution < 1.29 is 9.90 Å². The zero-order valence-electron chi connectivity index (χ0n) is 13.4. The van der Waals surface area contributed by atoms with Gasteiger partial charge in [-0.25, -0.2) is 9.78 Å². The van der Waals surface area contributed by atoms with Crippen molar-refractivity contribution in [3.63, 3.8) is 0 Å². The Morgan fingerprint density at radius 1 is 1.20 bits per heavy atom. The Morgan fingerprint density at radius 2 is 1.92 bits per heavy atom. The number of para-hydroxylation sites is 1. The molecule has 0 atom stereocenters. The molecule has 0 saturated carbocycles. The summed E-state index contributed by atoms with van der Waals surface area (Å²) in [5.41, 5.74) is 1.79. The van der Waals surface area contributed by atoms with Crippen LogP contribution in [-0.2, 0) is 12.3 Å². The van der Waals surface area contributed by atoms with Crippen LogP contribution in [0.2, 0.25) is 0 Å². The molecule has 1 N–H and O–H groups in total. The number of hydrogen-bond acceptors (Lipinski definition) is 4. The minimum absolute atomic E-state index is 0.0887. The zero-order valence-corrected chi connectivity index (χ0v) is 14.2. The fourth-order valence-electron chi connectivity index (χ4n) is 2.44. The molecule has 25 heavy (non-hydrogen) atoms. The van der Waals surface area contributed by atoms with E-state index in [0.29, 0.717) is 28.4 Å². The van der Waals surface area contributed by atoms with Crippen LogP contribution in [0.25, 0.3) is 10.9 Å². The van der Waals surface area contributed by atoms with Crippen LogP contribution in [0.4, 0.5) is 0 Å². The van der Waals surface area contributed by atoms with Crippen LogP contribution in [0.5, 0.6) is 0 Å². The topological polar surface area (TPSA) is 72.2 Å². The highest BCUT2D eigenvalue weighted by Gasteiger charge is 2.11. The largest absolute Gasteiger partial charge is 0.478 e. The minimum Gasteiger partial charge on any atom is -0.478 e. The summed E-state index contributed by atoms with van der Waals surface area (Å²) in [6.07, 6.45) is 1.67. The van der Waals surface area contributed by atoms with Gasteiger partial charge in [0.1, 0.15) is 0 Å². The van der Waals surface area contributed by atoms with Crippen LogP contribution < -0.4 is 5.56 Å². The van der Waals surface area contributed by atoms with Gasteiger partial charge in [-0.2, -0.15) is 0 Å². The van der Waals surface area contributed by atoms with Gasteiger partial charge in [-0.05, 0) is 29.8 Å². The number of rotatable bonds is 6. The number of carboxylic acid groups (broad SMARTS) is 1. The van der Waals surface area contributed by atoms with Crippen molar-refractivity contribution >= 4 is 28.6 Å². The second kappa shape index (κ2) is 7.36. The van der Waals surface area contributed by atoms with Crippen molar-refractivity contribution in [2.45, 2.75) is 17.5 Å². The van der Waals surface area contributed by atoms with Crippen molar-refractivity contribution in [1.82, 2.24) is 9.55 Å². The van der Waals surface area contributed by atoms with Gasteiger partial charge in [0.15, 0.2) is 5.16 Å². The van der Waals surface area contributed by atoms with E-state index in [0.717, 1.165) is 5.56 Å². The molecule has 0 unspecified atom stereocenters. The van der Waals surface area contributed by atoms with Gasteiger partial charge in [0, 0.05) is 12.3 Å². The number of thioether (sulfide) groups is 1. The molecule has 0 fully saturated rings. The molecule has 6 heteroatoms. The average Bonchev–Trinajstić information content (AvgIpc) is 2.63. The van der Waals surface area contributed by atoms with E-state index in [-0.39, 0.29) is 11.1 Å². The first-order chi connectivity index (χ1) is 12.1. The summed E-state index contributed by atoms with van der Waals surface area (Å²) in [5.74, 6) is -0.364. The lowest BCUT2D eigenvalue weighted by Crippen LogP contribution is -2.22. The number of allylic oxidation sites excluding steroid dienone is 1. The molecule has 1 heterocycles. The fourth-order valence-corrected chi connectivity index (χ4v) is 3.40. The molecular formula is C19H16N2O3S. The third-order valence-electron chi connectivity index (χ3n) is 3.71. The SMILES string of the molecule is C=CCn1c(SCc2ccc(C(=O)O)cc2)nc2ccccc2c1=O. The number of aromatic carboxylic acids is 1. The Kier molecular flexibility index (Phi) is 5.00. The molecule has 0 aliphatic carbocycles. The Bertz CT molecular complexity index is 994. The standard InChI is InChI=1S/C19H16N2O3S/c1-2-11-21-17(22)15-5-3-4-6-16(15)20-19(21)25-12-13-7-9-14(10-8-13)18(23)24/h2-10H,1,11-12H2,(H,23,24). The molecular weight excluding hydrogens is 336 g/mol. The van der Waals surface area contributed by atoms with Crippen LogP contribution >= 0.6 is 11.8 Å². The zero-order chi connectivity index (χ0) is 17.8. The lowest BCUT2D eigenvalue weighted by molar-refractivity contribution is 0.0697. The number of carbonyl (C=O) groups is 1. The predicted octanol–water partition coefficient (Wildman–Crippen LogP) is 3.57. The normalized spacial score (nSPS) is 10.7. The molecule has 126 valence electrons. The number of hydrogen-bond donors (Lipinski definition) is 1. The molecule has 3 aromatic rings. The summed E-state index contributed by atoms with van der Waals surface area (Å²) >= 11 is 1.44. The Balaban J connectivity index is 1.92.